The molecule has 0 radical (unpaired) electrons. The van der Waals surface area contributed by atoms with Gasteiger partial charge in [-0.1, -0.05) is 26.6 Å². The molecule has 0 spiro atoms. The number of carbonyl (C=O) groups is 2. The normalized spacial score (nSPS) is 16.1. The zero-order chi connectivity index (χ0) is 19.8. The van der Waals surface area contributed by atoms with Crippen LogP contribution in [0.1, 0.15) is 50.4 Å². The smallest absolute Gasteiger partial charge is 0.239 e. The van der Waals surface area contributed by atoms with Gasteiger partial charge in [-0.25, -0.2) is 0 Å². The molecule has 148 valence electrons. The van der Waals surface area contributed by atoms with E-state index < -0.39 is 0 Å². The molecule has 0 aliphatic carbocycles. The number of piperidine rings is 1. The molecule has 6 heteroatoms. The molecule has 0 saturated carbocycles. The van der Waals surface area contributed by atoms with Crippen LogP contribution < -0.4 is 10.1 Å². The maximum atomic E-state index is 12.2. The van der Waals surface area contributed by atoms with Gasteiger partial charge in [0, 0.05) is 18.7 Å². The fourth-order valence-corrected chi connectivity index (χ4v) is 3.25. The highest BCUT2D eigenvalue weighted by atomic mass is 16.5. The van der Waals surface area contributed by atoms with E-state index in [-0.39, 0.29) is 17.8 Å². The van der Waals surface area contributed by atoms with Crippen molar-refractivity contribution in [3.05, 3.63) is 35.2 Å². The predicted molar refractivity (Wildman–Crippen MR) is 107 cm³/mol. The second-order valence-electron chi connectivity index (χ2n) is 7.60. The Kier molecular flexibility index (Phi) is 7.82. The summed E-state index contributed by atoms with van der Waals surface area (Å²) < 4.78 is 5.77. The van der Waals surface area contributed by atoms with E-state index in [0.29, 0.717) is 37.1 Å². The molecule has 27 heavy (non-hydrogen) atoms. The zero-order valence-electron chi connectivity index (χ0n) is 16.5. The van der Waals surface area contributed by atoms with Gasteiger partial charge in [0.15, 0.2) is 0 Å². The Balaban J connectivity index is 1.69. The quantitative estimate of drug-likeness (QED) is 0.447. The van der Waals surface area contributed by atoms with Crippen LogP contribution in [0.4, 0.5) is 4.79 Å². The van der Waals surface area contributed by atoms with Gasteiger partial charge in [0.25, 0.3) is 0 Å². The minimum absolute atomic E-state index is 0.0221. The van der Waals surface area contributed by atoms with Gasteiger partial charge in [0.1, 0.15) is 12.0 Å². The SMILES string of the molecule is CC(C)C(=[N-])NC(=O)N1CCC([C@H](C)CCOc2ccc(C=O)cc2)CC1. The van der Waals surface area contributed by atoms with Gasteiger partial charge in [-0.05, 0) is 61.3 Å². The average Bonchev–Trinajstić information content (AvgIpc) is 2.68. The van der Waals surface area contributed by atoms with Gasteiger partial charge in [-0.15, -0.1) is 0 Å². The summed E-state index contributed by atoms with van der Waals surface area (Å²) in [6.07, 6.45) is 3.70. The first-order valence-corrected chi connectivity index (χ1v) is 9.70. The van der Waals surface area contributed by atoms with Gasteiger partial charge in [0.05, 0.1) is 6.61 Å². The number of ether oxygens (including phenoxy) is 1. The standard InChI is InChI=1S/C21H30N3O3/c1-15(2)20(22)23-21(26)24-11-8-18(9-12-24)16(3)10-13-27-19-6-4-17(14-25)5-7-19/h4-7,14-16,18H,8-13H2,1-3H3,(H-,22,23,26)/q-1/t16-/m1/s1. The summed E-state index contributed by atoms with van der Waals surface area (Å²) in [6.45, 7) is 7.96. The number of aldehydes is 1. The summed E-state index contributed by atoms with van der Waals surface area (Å²) in [4.78, 5) is 24.6. The average molecular weight is 372 g/mol. The highest BCUT2D eigenvalue weighted by Gasteiger charge is 2.25. The lowest BCUT2D eigenvalue weighted by Crippen LogP contribution is -2.47. The lowest BCUT2D eigenvalue weighted by Gasteiger charge is -2.37. The molecule has 2 amide bonds. The van der Waals surface area contributed by atoms with Crippen LogP contribution in [0.25, 0.3) is 5.41 Å². The van der Waals surface area contributed by atoms with Gasteiger partial charge in [0.2, 0.25) is 6.03 Å². The molecular weight excluding hydrogens is 342 g/mol. The first-order chi connectivity index (χ1) is 12.9. The number of nitrogens with zero attached hydrogens (tertiary/aromatic N) is 2. The summed E-state index contributed by atoms with van der Waals surface area (Å²) in [5, 5.41) is 12.3. The van der Waals surface area contributed by atoms with E-state index in [2.05, 4.69) is 12.2 Å². The monoisotopic (exact) mass is 372 g/mol. The molecule has 1 aliphatic rings. The molecule has 1 fully saturated rings. The van der Waals surface area contributed by atoms with Crippen LogP contribution in [0.15, 0.2) is 24.3 Å². The number of hydrogen-bond acceptors (Lipinski definition) is 3. The first-order valence-electron chi connectivity index (χ1n) is 9.70. The first kappa shape index (κ1) is 20.9. The fraction of sp³-hybridized carbons (Fsp3) is 0.571. The molecule has 1 aromatic carbocycles. The summed E-state index contributed by atoms with van der Waals surface area (Å²) in [7, 11) is 0. The molecule has 2 rings (SSSR count). The maximum Gasteiger partial charge on any atom is 0.239 e. The topological polar surface area (TPSA) is 80.9 Å². The van der Waals surface area contributed by atoms with Crippen molar-refractivity contribution in [3.63, 3.8) is 0 Å². The van der Waals surface area contributed by atoms with E-state index in [9.17, 15) is 15.0 Å². The van der Waals surface area contributed by atoms with E-state index in [4.69, 9.17) is 4.74 Å². The second-order valence-corrected chi connectivity index (χ2v) is 7.60. The predicted octanol–water partition coefficient (Wildman–Crippen LogP) is 3.95. The maximum absolute atomic E-state index is 12.2. The number of carbonyl (C=O) groups excluding carboxylic acids is 2. The third-order valence-electron chi connectivity index (χ3n) is 5.27. The molecule has 0 aromatic heterocycles. The Bertz CT molecular complexity index is 635. The molecule has 1 aliphatic heterocycles. The van der Waals surface area contributed by atoms with Crippen LogP contribution in [0.2, 0.25) is 0 Å². The molecule has 6 nitrogen and oxygen atoms in total. The number of likely N-dealkylation sites (tertiary alicyclic amines) is 1. The van der Waals surface area contributed by atoms with Crippen molar-refractivity contribution < 1.29 is 14.3 Å². The van der Waals surface area contributed by atoms with Crippen molar-refractivity contribution in [3.8, 4) is 5.75 Å². The Morgan fingerprint density at radius 1 is 1.26 bits per heavy atom. The Hall–Kier alpha value is -2.37. The molecule has 1 saturated heterocycles. The van der Waals surface area contributed by atoms with Crippen LogP contribution in [0.5, 0.6) is 5.75 Å². The number of rotatable bonds is 7. The lowest BCUT2D eigenvalue weighted by molar-refractivity contribution is 0.112. The number of hydrogen-bond donors (Lipinski definition) is 1. The van der Waals surface area contributed by atoms with E-state index in [1.165, 1.54) is 0 Å². The van der Waals surface area contributed by atoms with E-state index >= 15 is 0 Å². The molecule has 1 aromatic rings. The van der Waals surface area contributed by atoms with Crippen molar-refractivity contribution in [1.29, 1.82) is 0 Å². The molecule has 0 unspecified atom stereocenters. The minimum atomic E-state index is -0.214. The highest BCUT2D eigenvalue weighted by Crippen LogP contribution is 2.27. The minimum Gasteiger partial charge on any atom is -0.494 e. The molecule has 1 atom stereocenters. The van der Waals surface area contributed by atoms with Gasteiger partial charge < -0.3 is 20.4 Å². The van der Waals surface area contributed by atoms with Crippen molar-refractivity contribution in [1.82, 2.24) is 10.2 Å². The number of urea groups is 1. The molecule has 1 N–H and O–H groups in total. The number of amidine groups is 1. The van der Waals surface area contributed by atoms with E-state index in [1.807, 2.05) is 26.0 Å². The zero-order valence-corrected chi connectivity index (χ0v) is 16.5. The van der Waals surface area contributed by atoms with Crippen LogP contribution in [0.3, 0.4) is 0 Å². The van der Waals surface area contributed by atoms with E-state index in [0.717, 1.165) is 31.3 Å². The van der Waals surface area contributed by atoms with Crippen molar-refractivity contribution >= 4 is 18.2 Å². The molecule has 0 bridgehead atoms. The summed E-state index contributed by atoms with van der Waals surface area (Å²) in [5.74, 6) is 1.80. The highest BCUT2D eigenvalue weighted by molar-refractivity contribution is 6.00. The van der Waals surface area contributed by atoms with Gasteiger partial charge >= 0.3 is 0 Å². The summed E-state index contributed by atoms with van der Waals surface area (Å²) in [5.41, 5.74) is 0.644. The van der Waals surface area contributed by atoms with E-state index in [1.54, 1.807) is 17.0 Å². The second kappa shape index (κ2) is 10.1. The van der Waals surface area contributed by atoms with Crippen molar-refractivity contribution in [2.24, 2.45) is 17.8 Å². The summed E-state index contributed by atoms with van der Waals surface area (Å²) >= 11 is 0. The van der Waals surface area contributed by atoms with Crippen molar-refractivity contribution in [2.45, 2.75) is 40.0 Å². The van der Waals surface area contributed by atoms with Gasteiger partial charge in [-0.2, -0.15) is 0 Å². The Morgan fingerprint density at radius 2 is 1.89 bits per heavy atom. The van der Waals surface area contributed by atoms with Crippen LogP contribution in [0, 0.1) is 17.8 Å². The third kappa shape index (κ3) is 6.38. The van der Waals surface area contributed by atoms with Crippen LogP contribution in [-0.4, -0.2) is 42.7 Å². The Morgan fingerprint density at radius 3 is 2.44 bits per heavy atom. The number of nitrogens with one attached hydrogen (secondary N) is 1. The molecule has 1 heterocycles. The third-order valence-corrected chi connectivity index (χ3v) is 5.27. The largest absolute Gasteiger partial charge is 0.494 e. The van der Waals surface area contributed by atoms with Crippen LogP contribution in [-0.2, 0) is 0 Å². The lowest BCUT2D eigenvalue weighted by atomic mass is 9.84. The van der Waals surface area contributed by atoms with Crippen molar-refractivity contribution in [2.75, 3.05) is 19.7 Å². The van der Waals surface area contributed by atoms with Gasteiger partial charge in [-0.3, -0.25) is 9.59 Å². The molecular formula is C21H30N3O3-. The van der Waals surface area contributed by atoms with Crippen LogP contribution >= 0.6 is 0 Å². The Labute approximate surface area is 161 Å². The fourth-order valence-electron chi connectivity index (χ4n) is 3.25. The number of amides is 2. The summed E-state index contributed by atoms with van der Waals surface area (Å²) in [6, 6.07) is 6.92. The number of benzene rings is 1.